The zero-order chi connectivity index (χ0) is 17.1. The molecule has 0 aliphatic rings. The molecule has 1 atom stereocenters. The summed E-state index contributed by atoms with van der Waals surface area (Å²) in [5.74, 6) is 0.213. The Morgan fingerprint density at radius 3 is 2.58 bits per heavy atom. The Balaban J connectivity index is 1.94. The standard InChI is InChI=1S/C20H18O3S/c1-3-22-20(21)13(2)14-8-10-15(11-9-14)18-12-19(24)16-6-4-5-7-17(16)23-18/h4-13H,3H2,1-2H3. The third-order valence-electron chi connectivity index (χ3n) is 3.97. The molecule has 3 rings (SSSR count). The van der Waals surface area contributed by atoms with Crippen LogP contribution in [0, 0.1) is 4.51 Å². The van der Waals surface area contributed by atoms with Gasteiger partial charge in [-0.05, 0) is 31.5 Å². The van der Waals surface area contributed by atoms with Crippen LogP contribution in [0.5, 0.6) is 0 Å². The molecule has 0 aliphatic carbocycles. The molecule has 0 saturated carbocycles. The maximum atomic E-state index is 11.8. The van der Waals surface area contributed by atoms with Gasteiger partial charge in [0, 0.05) is 17.0 Å². The van der Waals surface area contributed by atoms with Crippen molar-refractivity contribution in [3.63, 3.8) is 0 Å². The molecule has 1 aromatic heterocycles. The van der Waals surface area contributed by atoms with Crippen molar-refractivity contribution >= 4 is 29.2 Å². The molecule has 0 spiro atoms. The fourth-order valence-corrected chi connectivity index (χ4v) is 2.86. The van der Waals surface area contributed by atoms with Gasteiger partial charge in [-0.1, -0.05) is 48.6 Å². The number of carbonyl (C=O) groups is 1. The highest BCUT2D eigenvalue weighted by molar-refractivity contribution is 7.71. The second kappa shape index (κ2) is 6.97. The highest BCUT2D eigenvalue weighted by Crippen LogP contribution is 2.27. The molecule has 3 nitrogen and oxygen atoms in total. The molecule has 0 saturated heterocycles. The average molecular weight is 338 g/mol. The van der Waals surface area contributed by atoms with E-state index in [0.717, 1.165) is 26.6 Å². The lowest BCUT2D eigenvalue weighted by atomic mass is 9.99. The first kappa shape index (κ1) is 16.4. The van der Waals surface area contributed by atoms with Gasteiger partial charge < -0.3 is 9.15 Å². The fraction of sp³-hybridized carbons (Fsp3) is 0.200. The summed E-state index contributed by atoms with van der Waals surface area (Å²) in [6.45, 7) is 4.04. The van der Waals surface area contributed by atoms with E-state index in [4.69, 9.17) is 21.4 Å². The summed E-state index contributed by atoms with van der Waals surface area (Å²) in [5, 5.41) is 0.934. The number of esters is 1. The number of ether oxygens (including phenoxy) is 1. The lowest BCUT2D eigenvalue weighted by Crippen LogP contribution is -2.12. The van der Waals surface area contributed by atoms with Gasteiger partial charge in [0.1, 0.15) is 11.3 Å². The first-order valence-electron chi connectivity index (χ1n) is 7.90. The second-order valence-corrected chi connectivity index (χ2v) is 6.01. The van der Waals surface area contributed by atoms with Crippen molar-refractivity contribution in [3.8, 4) is 11.3 Å². The molecule has 0 N–H and O–H groups in total. The molecule has 0 amide bonds. The van der Waals surface area contributed by atoms with E-state index >= 15 is 0 Å². The van der Waals surface area contributed by atoms with E-state index in [1.54, 1.807) is 6.92 Å². The van der Waals surface area contributed by atoms with Crippen LogP contribution in [0.15, 0.2) is 59.0 Å². The molecule has 24 heavy (non-hydrogen) atoms. The Labute approximate surface area is 145 Å². The third-order valence-corrected chi connectivity index (χ3v) is 4.31. The van der Waals surface area contributed by atoms with Crippen LogP contribution in [0.3, 0.4) is 0 Å². The summed E-state index contributed by atoms with van der Waals surface area (Å²) in [6, 6.07) is 17.3. The molecule has 3 aromatic rings. The number of carbonyl (C=O) groups excluding carboxylic acids is 1. The van der Waals surface area contributed by atoms with E-state index in [1.807, 2.05) is 61.5 Å². The van der Waals surface area contributed by atoms with Crippen LogP contribution in [0.25, 0.3) is 22.3 Å². The highest BCUT2D eigenvalue weighted by Gasteiger charge is 2.16. The zero-order valence-electron chi connectivity index (χ0n) is 13.6. The van der Waals surface area contributed by atoms with Gasteiger partial charge in [-0.25, -0.2) is 0 Å². The number of hydrogen-bond donors (Lipinski definition) is 0. The van der Waals surface area contributed by atoms with Crippen molar-refractivity contribution in [1.82, 2.24) is 0 Å². The maximum Gasteiger partial charge on any atom is 0.313 e. The molecule has 4 heteroatoms. The Bertz CT molecular complexity index is 926. The summed E-state index contributed by atoms with van der Waals surface area (Å²) >= 11 is 5.45. The van der Waals surface area contributed by atoms with Crippen molar-refractivity contribution in [2.24, 2.45) is 0 Å². The van der Waals surface area contributed by atoms with E-state index in [9.17, 15) is 4.79 Å². The minimum atomic E-state index is -0.290. The van der Waals surface area contributed by atoms with Gasteiger partial charge in [0.25, 0.3) is 0 Å². The van der Waals surface area contributed by atoms with Gasteiger partial charge in [-0.15, -0.1) is 0 Å². The smallest absolute Gasteiger partial charge is 0.313 e. The van der Waals surface area contributed by atoms with Gasteiger partial charge in [0.05, 0.1) is 17.0 Å². The van der Waals surface area contributed by atoms with Gasteiger partial charge in [0.2, 0.25) is 0 Å². The molecule has 0 aliphatic heterocycles. The second-order valence-electron chi connectivity index (χ2n) is 5.57. The predicted molar refractivity (Wildman–Crippen MR) is 97.5 cm³/mol. The van der Waals surface area contributed by atoms with Gasteiger partial charge >= 0.3 is 5.97 Å². The SMILES string of the molecule is CCOC(=O)C(C)c1ccc(-c2cc(=S)c3ccccc3o2)cc1. The fourth-order valence-electron chi connectivity index (χ4n) is 2.59. The largest absolute Gasteiger partial charge is 0.466 e. The van der Waals surface area contributed by atoms with Gasteiger partial charge in [0.15, 0.2) is 0 Å². The number of para-hydroxylation sites is 1. The van der Waals surface area contributed by atoms with Crippen molar-refractivity contribution < 1.29 is 13.9 Å². The van der Waals surface area contributed by atoms with Crippen LogP contribution in [0.4, 0.5) is 0 Å². The van der Waals surface area contributed by atoms with E-state index in [0.29, 0.717) is 12.4 Å². The molecule has 0 bridgehead atoms. The number of fused-ring (bicyclic) bond motifs is 1. The highest BCUT2D eigenvalue weighted by atomic mass is 32.1. The van der Waals surface area contributed by atoms with E-state index in [1.165, 1.54) is 0 Å². The summed E-state index contributed by atoms with van der Waals surface area (Å²) < 4.78 is 11.8. The number of hydrogen-bond acceptors (Lipinski definition) is 4. The summed E-state index contributed by atoms with van der Waals surface area (Å²) in [5.41, 5.74) is 2.60. The summed E-state index contributed by atoms with van der Waals surface area (Å²) in [7, 11) is 0. The summed E-state index contributed by atoms with van der Waals surface area (Å²) in [6.07, 6.45) is 0. The van der Waals surface area contributed by atoms with Crippen LogP contribution in [-0.2, 0) is 9.53 Å². The quantitative estimate of drug-likeness (QED) is 0.465. The molecule has 0 fully saturated rings. The van der Waals surface area contributed by atoms with Crippen molar-refractivity contribution in [3.05, 3.63) is 64.7 Å². The van der Waals surface area contributed by atoms with Crippen LogP contribution in [0.2, 0.25) is 0 Å². The van der Waals surface area contributed by atoms with Crippen LogP contribution in [-0.4, -0.2) is 12.6 Å². The lowest BCUT2D eigenvalue weighted by Gasteiger charge is -2.11. The van der Waals surface area contributed by atoms with Crippen LogP contribution >= 0.6 is 12.2 Å². The molecule has 0 radical (unpaired) electrons. The Morgan fingerprint density at radius 2 is 1.88 bits per heavy atom. The first-order valence-corrected chi connectivity index (χ1v) is 8.31. The van der Waals surface area contributed by atoms with E-state index in [2.05, 4.69) is 0 Å². The minimum absolute atomic E-state index is 0.214. The normalized spacial score (nSPS) is 12.1. The predicted octanol–water partition coefficient (Wildman–Crippen LogP) is 5.50. The molecule has 122 valence electrons. The van der Waals surface area contributed by atoms with Gasteiger partial charge in [-0.3, -0.25) is 4.79 Å². The monoisotopic (exact) mass is 338 g/mol. The summed E-state index contributed by atoms with van der Waals surface area (Å²) in [4.78, 5) is 11.8. The lowest BCUT2D eigenvalue weighted by molar-refractivity contribution is -0.144. The van der Waals surface area contributed by atoms with Gasteiger partial charge in [-0.2, -0.15) is 0 Å². The third kappa shape index (κ3) is 3.24. The minimum Gasteiger partial charge on any atom is -0.466 e. The van der Waals surface area contributed by atoms with Crippen molar-refractivity contribution in [1.29, 1.82) is 0 Å². The Kier molecular flexibility index (Phi) is 4.76. The Morgan fingerprint density at radius 1 is 1.17 bits per heavy atom. The first-order chi connectivity index (χ1) is 11.6. The van der Waals surface area contributed by atoms with Crippen molar-refractivity contribution in [2.45, 2.75) is 19.8 Å². The average Bonchev–Trinajstić information content (AvgIpc) is 2.61. The zero-order valence-corrected chi connectivity index (χ0v) is 14.4. The maximum absolute atomic E-state index is 11.8. The topological polar surface area (TPSA) is 39.4 Å². The molecule has 1 unspecified atom stereocenters. The van der Waals surface area contributed by atoms with Crippen LogP contribution in [0.1, 0.15) is 25.3 Å². The van der Waals surface area contributed by atoms with Crippen molar-refractivity contribution in [2.75, 3.05) is 6.61 Å². The number of rotatable bonds is 4. The molecular weight excluding hydrogens is 320 g/mol. The number of benzene rings is 2. The Hall–Kier alpha value is -2.46. The van der Waals surface area contributed by atoms with E-state index < -0.39 is 0 Å². The van der Waals surface area contributed by atoms with Crippen LogP contribution < -0.4 is 0 Å². The molecular formula is C20H18O3S. The molecule has 2 aromatic carbocycles. The van der Waals surface area contributed by atoms with E-state index in [-0.39, 0.29) is 11.9 Å². The molecule has 1 heterocycles.